The molecule has 0 saturated carbocycles. The summed E-state index contributed by atoms with van der Waals surface area (Å²) in [5, 5.41) is 3.25. The third-order valence-electron chi connectivity index (χ3n) is 3.25. The first kappa shape index (κ1) is 14.1. The molecule has 1 aliphatic heterocycles. The van der Waals surface area contributed by atoms with Crippen molar-refractivity contribution in [2.24, 2.45) is 0 Å². The lowest BCUT2D eigenvalue weighted by molar-refractivity contribution is -0.119. The zero-order valence-electron chi connectivity index (χ0n) is 10.8. The van der Waals surface area contributed by atoms with Crippen LogP contribution < -0.4 is 5.32 Å². The number of nitrogens with zero attached hydrogens (tertiary/aromatic N) is 1. The van der Waals surface area contributed by atoms with E-state index in [-0.39, 0.29) is 17.8 Å². The molecule has 1 aromatic carbocycles. The lowest BCUT2D eigenvalue weighted by Crippen LogP contribution is -2.33. The SMILES string of the molecule is O=C(Cc1cccc(F)c1F)CN1CCCNCC1. The van der Waals surface area contributed by atoms with Crippen molar-refractivity contribution in [2.45, 2.75) is 12.8 Å². The maximum absolute atomic E-state index is 13.5. The van der Waals surface area contributed by atoms with E-state index in [1.54, 1.807) is 0 Å². The van der Waals surface area contributed by atoms with Gasteiger partial charge in [-0.2, -0.15) is 0 Å². The maximum Gasteiger partial charge on any atom is 0.162 e. The van der Waals surface area contributed by atoms with Gasteiger partial charge in [0.1, 0.15) is 0 Å². The number of rotatable bonds is 4. The number of carbonyl (C=O) groups is 1. The van der Waals surface area contributed by atoms with Crippen molar-refractivity contribution in [3.63, 3.8) is 0 Å². The van der Waals surface area contributed by atoms with Crippen LogP contribution in [0.25, 0.3) is 0 Å². The second kappa shape index (κ2) is 6.73. The zero-order valence-corrected chi connectivity index (χ0v) is 10.8. The summed E-state index contributed by atoms with van der Waals surface area (Å²) in [4.78, 5) is 14.0. The molecule has 1 heterocycles. The van der Waals surface area contributed by atoms with E-state index in [0.29, 0.717) is 6.54 Å². The van der Waals surface area contributed by atoms with Crippen LogP contribution in [0.3, 0.4) is 0 Å². The summed E-state index contributed by atoms with van der Waals surface area (Å²) in [7, 11) is 0. The highest BCUT2D eigenvalue weighted by molar-refractivity contribution is 5.82. The quantitative estimate of drug-likeness (QED) is 0.895. The fourth-order valence-corrected chi connectivity index (χ4v) is 2.26. The lowest BCUT2D eigenvalue weighted by Gasteiger charge is -2.18. The fourth-order valence-electron chi connectivity index (χ4n) is 2.26. The molecule has 0 radical (unpaired) electrons. The summed E-state index contributed by atoms with van der Waals surface area (Å²) >= 11 is 0. The van der Waals surface area contributed by atoms with Crippen molar-refractivity contribution in [1.82, 2.24) is 10.2 Å². The van der Waals surface area contributed by atoms with E-state index >= 15 is 0 Å². The Bertz CT molecular complexity index is 443. The number of halogens is 2. The number of ketones is 1. The molecule has 1 fully saturated rings. The molecule has 0 atom stereocenters. The maximum atomic E-state index is 13.5. The molecule has 0 aromatic heterocycles. The first-order valence-electron chi connectivity index (χ1n) is 6.54. The molecule has 19 heavy (non-hydrogen) atoms. The Morgan fingerprint density at radius 2 is 2.11 bits per heavy atom. The minimum absolute atomic E-state index is 0.0481. The average molecular weight is 268 g/mol. The van der Waals surface area contributed by atoms with Gasteiger partial charge in [-0.05, 0) is 31.1 Å². The van der Waals surface area contributed by atoms with Crippen molar-refractivity contribution < 1.29 is 13.6 Å². The Kier molecular flexibility index (Phi) is 4.99. The lowest BCUT2D eigenvalue weighted by atomic mass is 10.1. The second-order valence-electron chi connectivity index (χ2n) is 4.81. The fraction of sp³-hybridized carbons (Fsp3) is 0.500. The van der Waals surface area contributed by atoms with Gasteiger partial charge >= 0.3 is 0 Å². The third-order valence-corrected chi connectivity index (χ3v) is 3.25. The molecule has 1 saturated heterocycles. The molecule has 2 rings (SSSR count). The Hall–Kier alpha value is -1.33. The van der Waals surface area contributed by atoms with Gasteiger partial charge in [0.2, 0.25) is 0 Å². The van der Waals surface area contributed by atoms with Crippen LogP contribution in [0.1, 0.15) is 12.0 Å². The van der Waals surface area contributed by atoms with Gasteiger partial charge in [-0.3, -0.25) is 9.69 Å². The van der Waals surface area contributed by atoms with E-state index < -0.39 is 11.6 Å². The second-order valence-corrected chi connectivity index (χ2v) is 4.81. The monoisotopic (exact) mass is 268 g/mol. The van der Waals surface area contributed by atoms with Crippen molar-refractivity contribution in [3.8, 4) is 0 Å². The zero-order chi connectivity index (χ0) is 13.7. The number of hydrogen-bond donors (Lipinski definition) is 1. The van der Waals surface area contributed by atoms with Crippen molar-refractivity contribution >= 4 is 5.78 Å². The van der Waals surface area contributed by atoms with Gasteiger partial charge in [0.15, 0.2) is 17.4 Å². The van der Waals surface area contributed by atoms with Crippen LogP contribution in [-0.2, 0) is 11.2 Å². The van der Waals surface area contributed by atoms with Gasteiger partial charge in [0.05, 0.1) is 6.54 Å². The number of benzene rings is 1. The number of nitrogens with one attached hydrogen (secondary N) is 1. The molecule has 0 amide bonds. The van der Waals surface area contributed by atoms with Gasteiger partial charge < -0.3 is 5.32 Å². The Balaban J connectivity index is 1.91. The molecule has 5 heteroatoms. The average Bonchev–Trinajstić information content (AvgIpc) is 2.63. The molecular weight excluding hydrogens is 250 g/mol. The molecule has 3 nitrogen and oxygen atoms in total. The molecule has 104 valence electrons. The molecule has 1 N–H and O–H groups in total. The molecule has 0 bridgehead atoms. The summed E-state index contributed by atoms with van der Waals surface area (Å²) < 4.78 is 26.5. The first-order valence-corrected chi connectivity index (χ1v) is 6.54. The van der Waals surface area contributed by atoms with Crippen LogP contribution in [-0.4, -0.2) is 43.4 Å². The highest BCUT2D eigenvalue weighted by Crippen LogP contribution is 2.12. The molecule has 0 aliphatic carbocycles. The first-order chi connectivity index (χ1) is 9.16. The Morgan fingerprint density at radius 3 is 2.95 bits per heavy atom. The topological polar surface area (TPSA) is 32.3 Å². The van der Waals surface area contributed by atoms with E-state index in [2.05, 4.69) is 10.2 Å². The van der Waals surface area contributed by atoms with Crippen LogP contribution in [0.5, 0.6) is 0 Å². The minimum atomic E-state index is -0.909. The normalized spacial score (nSPS) is 17.2. The minimum Gasteiger partial charge on any atom is -0.315 e. The molecule has 0 unspecified atom stereocenters. The predicted molar refractivity (Wildman–Crippen MR) is 69.0 cm³/mol. The molecular formula is C14H18F2N2O. The standard InChI is InChI=1S/C14H18F2N2O/c15-13-4-1-3-11(14(13)16)9-12(19)10-18-7-2-5-17-6-8-18/h1,3-4,17H,2,5-10H2. The van der Waals surface area contributed by atoms with Gasteiger partial charge in [0, 0.05) is 19.5 Å². The van der Waals surface area contributed by atoms with E-state index in [0.717, 1.165) is 38.7 Å². The van der Waals surface area contributed by atoms with Gasteiger partial charge in [-0.15, -0.1) is 0 Å². The Labute approximate surface area is 111 Å². The summed E-state index contributed by atoms with van der Waals surface area (Å²) in [5.41, 5.74) is 0.137. The van der Waals surface area contributed by atoms with Crippen molar-refractivity contribution in [1.29, 1.82) is 0 Å². The molecule has 0 spiro atoms. The van der Waals surface area contributed by atoms with E-state index in [4.69, 9.17) is 0 Å². The van der Waals surface area contributed by atoms with Crippen LogP contribution in [0, 0.1) is 11.6 Å². The summed E-state index contributed by atoms with van der Waals surface area (Å²) in [6, 6.07) is 3.95. The van der Waals surface area contributed by atoms with E-state index in [1.807, 2.05) is 0 Å². The Morgan fingerprint density at radius 1 is 1.26 bits per heavy atom. The number of carbonyl (C=O) groups excluding carboxylic acids is 1. The van der Waals surface area contributed by atoms with Crippen molar-refractivity contribution in [2.75, 3.05) is 32.7 Å². The van der Waals surface area contributed by atoms with Gasteiger partial charge in [0.25, 0.3) is 0 Å². The number of Topliss-reactive ketones (excluding diaryl/α,β-unsaturated/α-hetero) is 1. The van der Waals surface area contributed by atoms with Crippen LogP contribution in [0.4, 0.5) is 8.78 Å². The molecule has 1 aliphatic rings. The summed E-state index contributed by atoms with van der Waals surface area (Å²) in [5.74, 6) is -1.89. The van der Waals surface area contributed by atoms with Crippen LogP contribution in [0.15, 0.2) is 18.2 Å². The van der Waals surface area contributed by atoms with Gasteiger partial charge in [-0.25, -0.2) is 8.78 Å². The predicted octanol–water partition coefficient (Wildman–Crippen LogP) is 1.37. The van der Waals surface area contributed by atoms with E-state index in [9.17, 15) is 13.6 Å². The van der Waals surface area contributed by atoms with Crippen LogP contribution in [0.2, 0.25) is 0 Å². The van der Waals surface area contributed by atoms with Crippen molar-refractivity contribution in [3.05, 3.63) is 35.4 Å². The summed E-state index contributed by atoms with van der Waals surface area (Å²) in [6.45, 7) is 3.81. The smallest absolute Gasteiger partial charge is 0.162 e. The third kappa shape index (κ3) is 4.08. The van der Waals surface area contributed by atoms with Gasteiger partial charge in [-0.1, -0.05) is 12.1 Å². The largest absolute Gasteiger partial charge is 0.315 e. The molecule has 1 aromatic rings. The van der Waals surface area contributed by atoms with Crippen LogP contribution >= 0.6 is 0 Å². The summed E-state index contributed by atoms with van der Waals surface area (Å²) in [6.07, 6.45) is 0.954. The highest BCUT2D eigenvalue weighted by atomic mass is 19.2. The van der Waals surface area contributed by atoms with E-state index in [1.165, 1.54) is 12.1 Å². The number of hydrogen-bond acceptors (Lipinski definition) is 3. The highest BCUT2D eigenvalue weighted by Gasteiger charge is 2.15.